The number of nitro groups is 1. The van der Waals surface area contributed by atoms with Gasteiger partial charge in [-0.3, -0.25) is 14.9 Å². The molecule has 0 saturated carbocycles. The summed E-state index contributed by atoms with van der Waals surface area (Å²) in [4.78, 5) is 21.8. The zero-order valence-corrected chi connectivity index (χ0v) is 12.9. The highest BCUT2D eigenvalue weighted by Crippen LogP contribution is 2.27. The second kappa shape index (κ2) is 7.40. The van der Waals surface area contributed by atoms with Crippen molar-refractivity contribution in [3.8, 4) is 0 Å². The third-order valence-corrected chi connectivity index (χ3v) is 3.78. The molecule has 0 aliphatic heterocycles. The summed E-state index contributed by atoms with van der Waals surface area (Å²) in [5.41, 5.74) is 6.71. The molecule has 0 aliphatic carbocycles. The van der Waals surface area contributed by atoms with Crippen molar-refractivity contribution in [1.82, 2.24) is 0 Å². The van der Waals surface area contributed by atoms with Crippen LogP contribution in [-0.2, 0) is 0 Å². The maximum atomic E-state index is 11.2. The summed E-state index contributed by atoms with van der Waals surface area (Å²) < 4.78 is 0. The first kappa shape index (κ1) is 16.5. The van der Waals surface area contributed by atoms with E-state index in [0.717, 1.165) is 6.42 Å². The van der Waals surface area contributed by atoms with E-state index in [9.17, 15) is 14.9 Å². The van der Waals surface area contributed by atoms with E-state index in [1.165, 1.54) is 23.8 Å². The predicted octanol–water partition coefficient (Wildman–Crippen LogP) is 3.30. The normalized spacial score (nSPS) is 11.7. The van der Waals surface area contributed by atoms with Crippen LogP contribution in [0, 0.1) is 10.1 Å². The number of benzene rings is 2. The Kier molecular flexibility index (Phi) is 5.30. The summed E-state index contributed by atoms with van der Waals surface area (Å²) in [6.45, 7) is 2.64. The van der Waals surface area contributed by atoms with Crippen LogP contribution in [0.2, 0.25) is 0 Å². The minimum Gasteiger partial charge on any atom is -0.379 e. The van der Waals surface area contributed by atoms with Crippen LogP contribution in [0.25, 0.3) is 0 Å². The van der Waals surface area contributed by atoms with E-state index in [1.54, 1.807) is 0 Å². The molecule has 6 heteroatoms. The van der Waals surface area contributed by atoms with Crippen LogP contribution in [0.1, 0.15) is 35.2 Å². The smallest absolute Gasteiger partial charge is 0.293 e. The second-order valence-electron chi connectivity index (χ2n) is 5.25. The Bertz CT molecular complexity index is 701. The number of nitrogens with one attached hydrogen (secondary N) is 1. The van der Waals surface area contributed by atoms with Crippen molar-refractivity contribution >= 4 is 17.3 Å². The van der Waals surface area contributed by atoms with Crippen LogP contribution in [0.3, 0.4) is 0 Å². The van der Waals surface area contributed by atoms with E-state index >= 15 is 0 Å². The average molecular weight is 313 g/mol. The van der Waals surface area contributed by atoms with Gasteiger partial charge in [0.05, 0.1) is 4.92 Å². The van der Waals surface area contributed by atoms with Crippen LogP contribution < -0.4 is 11.1 Å². The first-order valence-electron chi connectivity index (χ1n) is 7.40. The summed E-state index contributed by atoms with van der Waals surface area (Å²) in [6, 6.07) is 14.2. The molecule has 0 saturated heterocycles. The fourth-order valence-electron chi connectivity index (χ4n) is 2.44. The molecule has 0 aromatic heterocycles. The highest BCUT2D eigenvalue weighted by Gasteiger charge is 2.17. The van der Waals surface area contributed by atoms with E-state index in [0.29, 0.717) is 12.2 Å². The number of carbonyl (C=O) groups excluding carboxylic acids is 1. The summed E-state index contributed by atoms with van der Waals surface area (Å²) >= 11 is 0. The quantitative estimate of drug-likeness (QED) is 0.605. The summed E-state index contributed by atoms with van der Waals surface area (Å²) in [7, 11) is 0. The lowest BCUT2D eigenvalue weighted by atomic mass is 9.96. The maximum absolute atomic E-state index is 11.2. The molecule has 0 heterocycles. The Morgan fingerprint density at radius 1 is 1.26 bits per heavy atom. The third-order valence-electron chi connectivity index (χ3n) is 3.78. The molecule has 1 amide bonds. The zero-order valence-electron chi connectivity index (χ0n) is 12.9. The Hall–Kier alpha value is -2.89. The molecule has 2 rings (SSSR count). The Morgan fingerprint density at radius 3 is 2.52 bits per heavy atom. The number of carbonyl (C=O) groups is 1. The van der Waals surface area contributed by atoms with Crippen LogP contribution in [0.4, 0.5) is 11.4 Å². The molecule has 0 aliphatic rings. The fraction of sp³-hybridized carbons (Fsp3) is 0.235. The molecule has 0 radical (unpaired) electrons. The lowest BCUT2D eigenvalue weighted by molar-refractivity contribution is -0.384. The largest absolute Gasteiger partial charge is 0.379 e. The van der Waals surface area contributed by atoms with Gasteiger partial charge < -0.3 is 11.1 Å². The number of hydrogen-bond acceptors (Lipinski definition) is 4. The Labute approximate surface area is 134 Å². The summed E-state index contributed by atoms with van der Waals surface area (Å²) in [5, 5.41) is 14.3. The van der Waals surface area contributed by atoms with Gasteiger partial charge in [0, 0.05) is 24.1 Å². The van der Waals surface area contributed by atoms with Gasteiger partial charge in [-0.2, -0.15) is 0 Å². The molecule has 6 nitrogen and oxygen atoms in total. The third kappa shape index (κ3) is 4.06. The highest BCUT2D eigenvalue weighted by molar-refractivity contribution is 5.94. The van der Waals surface area contributed by atoms with Gasteiger partial charge in [-0.25, -0.2) is 0 Å². The van der Waals surface area contributed by atoms with Gasteiger partial charge in [-0.15, -0.1) is 0 Å². The molecule has 0 bridgehead atoms. The number of nitrogens with zero attached hydrogens (tertiary/aromatic N) is 1. The monoisotopic (exact) mass is 313 g/mol. The van der Waals surface area contributed by atoms with Gasteiger partial charge in [0.1, 0.15) is 5.69 Å². The Balaban J connectivity index is 2.19. The molecule has 23 heavy (non-hydrogen) atoms. The van der Waals surface area contributed by atoms with E-state index in [-0.39, 0.29) is 17.2 Å². The SMILES string of the molecule is CC[C@@H](CNc1ccc(C(N)=O)cc1[N+](=O)[O-])c1ccccc1. The van der Waals surface area contributed by atoms with E-state index < -0.39 is 10.8 Å². The van der Waals surface area contributed by atoms with Crippen molar-refractivity contribution in [2.75, 3.05) is 11.9 Å². The molecule has 0 spiro atoms. The molecular formula is C17H19N3O3. The van der Waals surface area contributed by atoms with Crippen molar-refractivity contribution in [2.24, 2.45) is 5.73 Å². The van der Waals surface area contributed by atoms with Crippen LogP contribution >= 0.6 is 0 Å². The second-order valence-corrected chi connectivity index (χ2v) is 5.25. The molecular weight excluding hydrogens is 294 g/mol. The summed E-state index contributed by atoms with van der Waals surface area (Å²) in [5.74, 6) is -0.443. The molecule has 0 fully saturated rings. The van der Waals surface area contributed by atoms with Gasteiger partial charge in [-0.1, -0.05) is 37.3 Å². The summed E-state index contributed by atoms with van der Waals surface area (Å²) in [6.07, 6.45) is 0.907. The maximum Gasteiger partial charge on any atom is 0.293 e. The van der Waals surface area contributed by atoms with Gasteiger partial charge in [0.2, 0.25) is 5.91 Å². The van der Waals surface area contributed by atoms with Crippen LogP contribution in [0.15, 0.2) is 48.5 Å². The molecule has 0 unspecified atom stereocenters. The lowest BCUT2D eigenvalue weighted by Gasteiger charge is -2.17. The van der Waals surface area contributed by atoms with Gasteiger partial charge in [0.25, 0.3) is 5.69 Å². The number of primary amides is 1. The lowest BCUT2D eigenvalue weighted by Crippen LogP contribution is -2.14. The minimum absolute atomic E-state index is 0.123. The van der Waals surface area contributed by atoms with Crippen LogP contribution in [0.5, 0.6) is 0 Å². The van der Waals surface area contributed by atoms with Crippen molar-refractivity contribution in [3.63, 3.8) is 0 Å². The molecule has 2 aromatic rings. The van der Waals surface area contributed by atoms with Crippen LogP contribution in [-0.4, -0.2) is 17.4 Å². The zero-order chi connectivity index (χ0) is 16.8. The minimum atomic E-state index is -0.685. The number of nitro benzene ring substituents is 1. The van der Waals surface area contributed by atoms with Gasteiger partial charge in [-0.05, 0) is 24.1 Å². The molecule has 3 N–H and O–H groups in total. The van der Waals surface area contributed by atoms with Crippen molar-refractivity contribution in [1.29, 1.82) is 0 Å². The van der Waals surface area contributed by atoms with Gasteiger partial charge >= 0.3 is 0 Å². The number of anilines is 1. The highest BCUT2D eigenvalue weighted by atomic mass is 16.6. The average Bonchev–Trinajstić information content (AvgIpc) is 2.56. The number of amides is 1. The van der Waals surface area contributed by atoms with Crippen molar-refractivity contribution < 1.29 is 9.72 Å². The van der Waals surface area contributed by atoms with E-state index in [4.69, 9.17) is 5.73 Å². The molecule has 2 aromatic carbocycles. The first-order valence-corrected chi connectivity index (χ1v) is 7.40. The van der Waals surface area contributed by atoms with E-state index in [1.807, 2.05) is 30.3 Å². The number of rotatable bonds is 7. The predicted molar refractivity (Wildman–Crippen MR) is 89.6 cm³/mol. The van der Waals surface area contributed by atoms with Crippen molar-refractivity contribution in [3.05, 3.63) is 69.8 Å². The van der Waals surface area contributed by atoms with E-state index in [2.05, 4.69) is 12.2 Å². The first-order chi connectivity index (χ1) is 11.0. The number of hydrogen-bond donors (Lipinski definition) is 2. The van der Waals surface area contributed by atoms with Crippen molar-refractivity contribution in [2.45, 2.75) is 19.3 Å². The Morgan fingerprint density at radius 2 is 1.96 bits per heavy atom. The molecule has 120 valence electrons. The number of nitrogens with two attached hydrogens (primary N) is 1. The standard InChI is InChI=1S/C17H19N3O3/c1-2-12(13-6-4-3-5-7-13)11-19-15-9-8-14(17(18)21)10-16(15)20(22)23/h3-10,12,19H,2,11H2,1H3,(H2,18,21)/t12-/m0/s1. The molecule has 1 atom stereocenters. The topological polar surface area (TPSA) is 98.3 Å². The fourth-order valence-corrected chi connectivity index (χ4v) is 2.44. The van der Waals surface area contributed by atoms with Gasteiger partial charge in [0.15, 0.2) is 0 Å².